The summed E-state index contributed by atoms with van der Waals surface area (Å²) in [7, 11) is 4.64. The molecule has 4 rings (SSSR count). The Morgan fingerprint density at radius 1 is 1.00 bits per heavy atom. The molecule has 2 atom stereocenters. The van der Waals surface area contributed by atoms with Gasteiger partial charge in [0, 0.05) is 35.8 Å². The normalized spacial score (nSPS) is 18.0. The van der Waals surface area contributed by atoms with Crippen LogP contribution in [0.5, 0.6) is 11.5 Å². The van der Waals surface area contributed by atoms with Gasteiger partial charge in [-0.2, -0.15) is 0 Å². The molecule has 0 spiro atoms. The SMILES string of the molecule is COC(=O)[C@@H]1C[C@@H](NC(=O)c2cccc3ccccc23)CN1Cc1ccc(OC)c(C)c1OC. The molecular weight excluding hydrogens is 432 g/mol. The Hall–Kier alpha value is -3.58. The molecule has 0 radical (unpaired) electrons. The van der Waals surface area contributed by atoms with Crippen LogP contribution in [0.4, 0.5) is 0 Å². The van der Waals surface area contributed by atoms with Gasteiger partial charge in [0.1, 0.15) is 17.5 Å². The number of methoxy groups -OCH3 is 3. The molecule has 1 aliphatic heterocycles. The lowest BCUT2D eigenvalue weighted by Crippen LogP contribution is -2.38. The van der Waals surface area contributed by atoms with E-state index in [-0.39, 0.29) is 17.9 Å². The number of fused-ring (bicyclic) bond motifs is 1. The number of nitrogens with one attached hydrogen (secondary N) is 1. The van der Waals surface area contributed by atoms with Crippen LogP contribution in [0.2, 0.25) is 0 Å². The Labute approximate surface area is 199 Å². The van der Waals surface area contributed by atoms with Gasteiger partial charge in [-0.3, -0.25) is 14.5 Å². The Bertz CT molecular complexity index is 1200. The number of hydrogen-bond acceptors (Lipinski definition) is 6. The second kappa shape index (κ2) is 10.1. The standard InChI is InChI=1S/C27H30N2O5/c1-17-24(32-2)13-12-19(25(17)33-3)15-29-16-20(14-23(29)27(31)34-4)28-26(30)22-11-7-9-18-8-5-6-10-21(18)22/h5-13,20,23H,14-16H2,1-4H3,(H,28,30)/t20-,23+/m1/s1. The van der Waals surface area contributed by atoms with Crippen LogP contribution in [-0.4, -0.2) is 56.7 Å². The highest BCUT2D eigenvalue weighted by atomic mass is 16.5. The molecule has 7 nitrogen and oxygen atoms in total. The molecule has 0 bridgehead atoms. The van der Waals surface area contributed by atoms with Crippen LogP contribution >= 0.6 is 0 Å². The van der Waals surface area contributed by atoms with E-state index in [0.717, 1.165) is 33.4 Å². The van der Waals surface area contributed by atoms with E-state index in [1.54, 1.807) is 14.2 Å². The van der Waals surface area contributed by atoms with Crippen molar-refractivity contribution in [2.75, 3.05) is 27.9 Å². The number of amides is 1. The second-order valence-corrected chi connectivity index (χ2v) is 8.49. The maximum absolute atomic E-state index is 13.2. The average molecular weight is 463 g/mol. The summed E-state index contributed by atoms with van der Waals surface area (Å²) in [5.74, 6) is 1.01. The van der Waals surface area contributed by atoms with Gasteiger partial charge in [0.15, 0.2) is 0 Å². The fraction of sp³-hybridized carbons (Fsp3) is 0.333. The van der Waals surface area contributed by atoms with E-state index in [1.165, 1.54) is 7.11 Å². The maximum atomic E-state index is 13.2. The summed E-state index contributed by atoms with van der Waals surface area (Å²) in [6.07, 6.45) is 0.473. The van der Waals surface area contributed by atoms with E-state index < -0.39 is 6.04 Å². The van der Waals surface area contributed by atoms with Crippen molar-refractivity contribution in [3.05, 3.63) is 71.3 Å². The van der Waals surface area contributed by atoms with Crippen molar-refractivity contribution in [2.45, 2.75) is 32.0 Å². The predicted molar refractivity (Wildman–Crippen MR) is 130 cm³/mol. The van der Waals surface area contributed by atoms with Crippen LogP contribution in [0.3, 0.4) is 0 Å². The molecule has 1 aliphatic rings. The summed E-state index contributed by atoms with van der Waals surface area (Å²) in [4.78, 5) is 27.8. The van der Waals surface area contributed by atoms with Gasteiger partial charge >= 0.3 is 5.97 Å². The third-order valence-electron chi connectivity index (χ3n) is 6.48. The van der Waals surface area contributed by atoms with Crippen LogP contribution in [0.15, 0.2) is 54.6 Å². The first-order valence-corrected chi connectivity index (χ1v) is 11.3. The predicted octanol–water partition coefficient (Wildman–Crippen LogP) is 3.71. The third-order valence-corrected chi connectivity index (χ3v) is 6.48. The summed E-state index contributed by atoms with van der Waals surface area (Å²) in [6, 6.07) is 16.7. The number of hydrogen-bond donors (Lipinski definition) is 1. The van der Waals surface area contributed by atoms with E-state index >= 15 is 0 Å². The van der Waals surface area contributed by atoms with Crippen LogP contribution < -0.4 is 14.8 Å². The Kier molecular flexibility index (Phi) is 7.03. The van der Waals surface area contributed by atoms with Crippen molar-refractivity contribution >= 4 is 22.6 Å². The molecule has 1 heterocycles. The van der Waals surface area contributed by atoms with Crippen LogP contribution in [-0.2, 0) is 16.1 Å². The topological polar surface area (TPSA) is 77.1 Å². The molecule has 3 aromatic rings. The van der Waals surface area contributed by atoms with Crippen molar-refractivity contribution in [3.8, 4) is 11.5 Å². The molecule has 3 aromatic carbocycles. The zero-order valence-electron chi connectivity index (χ0n) is 20.0. The number of esters is 1. The van der Waals surface area contributed by atoms with Gasteiger partial charge in [0.25, 0.3) is 5.91 Å². The van der Waals surface area contributed by atoms with Gasteiger partial charge in [-0.15, -0.1) is 0 Å². The fourth-order valence-electron chi connectivity index (χ4n) is 4.83. The van der Waals surface area contributed by atoms with Gasteiger partial charge < -0.3 is 19.5 Å². The summed E-state index contributed by atoms with van der Waals surface area (Å²) < 4.78 is 16.1. The zero-order chi connectivity index (χ0) is 24.2. The minimum absolute atomic E-state index is 0.148. The Balaban J connectivity index is 1.55. The lowest BCUT2D eigenvalue weighted by atomic mass is 10.0. The van der Waals surface area contributed by atoms with Gasteiger partial charge in [0.2, 0.25) is 0 Å². The van der Waals surface area contributed by atoms with Crippen LogP contribution in [0.1, 0.15) is 27.9 Å². The van der Waals surface area contributed by atoms with Crippen LogP contribution in [0, 0.1) is 6.92 Å². The molecule has 1 N–H and O–H groups in total. The smallest absolute Gasteiger partial charge is 0.323 e. The molecule has 0 aromatic heterocycles. The van der Waals surface area contributed by atoms with Crippen molar-refractivity contribution < 1.29 is 23.8 Å². The highest BCUT2D eigenvalue weighted by Crippen LogP contribution is 2.33. The summed E-state index contributed by atoms with van der Waals surface area (Å²) >= 11 is 0. The van der Waals surface area contributed by atoms with E-state index in [0.29, 0.717) is 25.1 Å². The number of rotatable bonds is 7. The molecule has 0 saturated carbocycles. The van der Waals surface area contributed by atoms with Crippen molar-refractivity contribution in [2.24, 2.45) is 0 Å². The summed E-state index contributed by atoms with van der Waals surface area (Å²) in [5.41, 5.74) is 2.46. The molecular formula is C27H30N2O5. The van der Waals surface area contributed by atoms with E-state index in [4.69, 9.17) is 14.2 Å². The second-order valence-electron chi connectivity index (χ2n) is 8.49. The van der Waals surface area contributed by atoms with E-state index in [9.17, 15) is 9.59 Å². The first-order valence-electron chi connectivity index (χ1n) is 11.3. The number of likely N-dealkylation sites (tertiary alicyclic amines) is 1. The molecule has 7 heteroatoms. The van der Waals surface area contributed by atoms with Gasteiger partial charge in [-0.25, -0.2) is 0 Å². The quantitative estimate of drug-likeness (QED) is 0.540. The molecule has 0 aliphatic carbocycles. The summed E-state index contributed by atoms with van der Waals surface area (Å²) in [5, 5.41) is 5.05. The molecule has 178 valence electrons. The molecule has 0 unspecified atom stereocenters. The van der Waals surface area contributed by atoms with Crippen molar-refractivity contribution in [1.82, 2.24) is 10.2 Å². The van der Waals surface area contributed by atoms with Crippen LogP contribution in [0.25, 0.3) is 10.8 Å². The lowest BCUT2D eigenvalue weighted by molar-refractivity contribution is -0.146. The Morgan fingerprint density at radius 3 is 2.50 bits per heavy atom. The van der Waals surface area contributed by atoms with E-state index in [1.807, 2.05) is 66.4 Å². The fourth-order valence-corrected chi connectivity index (χ4v) is 4.83. The molecule has 1 saturated heterocycles. The number of carbonyl (C=O) groups excluding carboxylic acids is 2. The lowest BCUT2D eigenvalue weighted by Gasteiger charge is -2.24. The van der Waals surface area contributed by atoms with Gasteiger partial charge in [-0.05, 0) is 36.2 Å². The van der Waals surface area contributed by atoms with Crippen molar-refractivity contribution in [3.63, 3.8) is 0 Å². The van der Waals surface area contributed by atoms with Gasteiger partial charge in [-0.1, -0.05) is 42.5 Å². The number of benzene rings is 3. The minimum atomic E-state index is -0.463. The summed E-state index contributed by atoms with van der Waals surface area (Å²) in [6.45, 7) is 2.94. The van der Waals surface area contributed by atoms with E-state index in [2.05, 4.69) is 5.32 Å². The monoisotopic (exact) mass is 462 g/mol. The zero-order valence-corrected chi connectivity index (χ0v) is 20.0. The molecule has 1 amide bonds. The molecule has 1 fully saturated rings. The average Bonchev–Trinajstić information content (AvgIpc) is 3.25. The first kappa shape index (κ1) is 23.6. The Morgan fingerprint density at radius 2 is 1.76 bits per heavy atom. The van der Waals surface area contributed by atoms with Crippen molar-refractivity contribution in [1.29, 1.82) is 0 Å². The largest absolute Gasteiger partial charge is 0.496 e. The minimum Gasteiger partial charge on any atom is -0.496 e. The third kappa shape index (κ3) is 4.56. The molecule has 34 heavy (non-hydrogen) atoms. The van der Waals surface area contributed by atoms with Gasteiger partial charge in [0.05, 0.1) is 21.3 Å². The number of nitrogens with zero attached hydrogens (tertiary/aromatic N) is 1. The number of ether oxygens (including phenoxy) is 3. The number of carbonyl (C=O) groups is 2. The maximum Gasteiger partial charge on any atom is 0.323 e. The highest BCUT2D eigenvalue weighted by Gasteiger charge is 2.38. The highest BCUT2D eigenvalue weighted by molar-refractivity contribution is 6.07. The first-order chi connectivity index (χ1) is 16.5.